The van der Waals surface area contributed by atoms with Crippen LogP contribution in [0.2, 0.25) is 0 Å². The van der Waals surface area contributed by atoms with E-state index in [9.17, 15) is 19.2 Å². The van der Waals surface area contributed by atoms with Crippen LogP contribution in [0.3, 0.4) is 0 Å². The minimum atomic E-state index is -0.993. The van der Waals surface area contributed by atoms with Crippen molar-refractivity contribution in [2.45, 2.75) is 89.8 Å². The highest BCUT2D eigenvalue weighted by Gasteiger charge is 2.48. The maximum absolute atomic E-state index is 12.6. The van der Waals surface area contributed by atoms with Gasteiger partial charge in [-0.3, -0.25) is 4.79 Å². The number of pyridine rings is 2. The third-order valence-electron chi connectivity index (χ3n) is 7.88. The molecule has 15 nitrogen and oxygen atoms in total. The molecule has 4 bridgehead atoms. The number of rotatable bonds is 2. The number of anilines is 2. The molecule has 4 fully saturated rings. The van der Waals surface area contributed by atoms with Gasteiger partial charge < -0.3 is 46.1 Å². The van der Waals surface area contributed by atoms with Crippen LogP contribution < -0.4 is 16.8 Å². The van der Waals surface area contributed by atoms with Gasteiger partial charge in [0.25, 0.3) is 5.91 Å². The SMILES string of the molecule is CC(C)(C)OC(=O)N1C[C@H]2CC1CN2.CC(C)(C)OC(=O)N1C[C@H]2CC1CN2C(=O)c1ccc(N)nc1.Nc1ccc(C(=O)O)cn1. The van der Waals surface area contributed by atoms with Gasteiger partial charge in [0.15, 0.2) is 0 Å². The van der Waals surface area contributed by atoms with Crippen molar-refractivity contribution >= 4 is 35.7 Å². The number of likely N-dealkylation sites (tertiary alicyclic amines) is 3. The fourth-order valence-corrected chi connectivity index (χ4v) is 5.79. The Kier molecular flexibility index (Phi) is 10.5. The zero-order valence-electron chi connectivity index (χ0n) is 27.8. The number of carbonyl (C=O) groups is 4. The molecule has 4 atom stereocenters. The van der Waals surface area contributed by atoms with Crippen molar-refractivity contribution in [3.63, 3.8) is 0 Å². The molecule has 47 heavy (non-hydrogen) atoms. The van der Waals surface area contributed by atoms with Gasteiger partial charge in [-0.15, -0.1) is 0 Å². The van der Waals surface area contributed by atoms with Gasteiger partial charge in [-0.25, -0.2) is 24.4 Å². The Morgan fingerprint density at radius 2 is 1.23 bits per heavy atom. The number of carboxylic acids is 1. The molecule has 0 aliphatic carbocycles. The number of hydrogen-bond acceptors (Lipinski definition) is 11. The summed E-state index contributed by atoms with van der Waals surface area (Å²) >= 11 is 0. The molecule has 4 saturated heterocycles. The molecule has 4 aliphatic heterocycles. The second kappa shape index (κ2) is 14.0. The van der Waals surface area contributed by atoms with E-state index in [1.165, 1.54) is 24.5 Å². The normalized spacial score (nSPS) is 22.6. The number of piperazine rings is 2. The first-order valence-electron chi connectivity index (χ1n) is 15.6. The number of aromatic nitrogens is 2. The van der Waals surface area contributed by atoms with Gasteiger partial charge in [0.05, 0.1) is 23.2 Å². The van der Waals surface area contributed by atoms with Crippen LogP contribution in [0.15, 0.2) is 36.7 Å². The highest BCUT2D eigenvalue weighted by Crippen LogP contribution is 2.33. The number of carbonyl (C=O) groups excluding carboxylic acids is 3. The number of nitrogen functional groups attached to an aromatic ring is 2. The van der Waals surface area contributed by atoms with Gasteiger partial charge in [-0.05, 0) is 78.6 Å². The van der Waals surface area contributed by atoms with Crippen LogP contribution in [0.25, 0.3) is 0 Å². The van der Waals surface area contributed by atoms with Gasteiger partial charge in [0.1, 0.15) is 22.8 Å². The summed E-state index contributed by atoms with van der Waals surface area (Å²) < 4.78 is 10.8. The summed E-state index contributed by atoms with van der Waals surface area (Å²) in [6, 6.07) is 7.07. The minimum absolute atomic E-state index is 0.0283. The van der Waals surface area contributed by atoms with Gasteiger partial charge in [-0.2, -0.15) is 0 Å². The first-order valence-corrected chi connectivity index (χ1v) is 15.6. The molecular formula is C32H46N8O7. The number of hydrogen-bond donors (Lipinski definition) is 4. The summed E-state index contributed by atoms with van der Waals surface area (Å²) in [5.41, 5.74) is 10.5. The molecule has 6 rings (SSSR count). The van der Waals surface area contributed by atoms with Crippen LogP contribution in [0.1, 0.15) is 75.1 Å². The first kappa shape index (κ1) is 35.2. The highest BCUT2D eigenvalue weighted by molar-refractivity contribution is 5.94. The standard InChI is InChI=1S/C16H22N4O3.C10H18N2O2.C6H6N2O2/c1-16(2,3)23-15(22)20-9-11-6-12(20)8-19(11)14(21)10-4-5-13(17)18-7-10;1-10(2,3)14-9(13)12-6-7-4-8(12)5-11-7;7-5-2-1-4(3-8-5)6(9)10/h4-5,7,11-12H,6,8-9H2,1-3H3,(H2,17,18);7-8,11H,4-6H2,1-3H3;1-3H,(H2,7,8)(H,9,10)/t11-,12?;7-,8?;/m11./s1. The lowest BCUT2D eigenvalue weighted by Crippen LogP contribution is -2.51. The van der Waals surface area contributed by atoms with Crippen LogP contribution in [0.5, 0.6) is 0 Å². The molecule has 6 N–H and O–H groups in total. The van der Waals surface area contributed by atoms with Gasteiger partial charge in [0.2, 0.25) is 0 Å². The van der Waals surface area contributed by atoms with Crippen molar-refractivity contribution in [3.05, 3.63) is 47.8 Å². The Hall–Kier alpha value is -4.66. The van der Waals surface area contributed by atoms with E-state index in [1.807, 2.05) is 51.3 Å². The van der Waals surface area contributed by atoms with E-state index in [1.54, 1.807) is 17.0 Å². The Bertz CT molecular complexity index is 1440. The number of nitrogens with two attached hydrogens (primary N) is 2. The van der Waals surface area contributed by atoms with Gasteiger partial charge in [-0.1, -0.05) is 0 Å². The largest absolute Gasteiger partial charge is 0.478 e. The first-order chi connectivity index (χ1) is 21.9. The molecule has 15 heteroatoms. The van der Waals surface area contributed by atoms with Crippen LogP contribution in [0.4, 0.5) is 21.2 Å². The molecule has 0 saturated carbocycles. The summed E-state index contributed by atoms with van der Waals surface area (Å²) in [6.07, 6.45) is 4.14. The number of amides is 3. The maximum Gasteiger partial charge on any atom is 0.410 e. The Labute approximate surface area is 274 Å². The predicted octanol–water partition coefficient (Wildman–Crippen LogP) is 2.83. The van der Waals surface area contributed by atoms with Crippen LogP contribution in [0, 0.1) is 0 Å². The van der Waals surface area contributed by atoms with E-state index < -0.39 is 11.6 Å². The zero-order chi connectivity index (χ0) is 34.7. The van der Waals surface area contributed by atoms with E-state index in [0.29, 0.717) is 42.4 Å². The molecule has 0 spiro atoms. The maximum atomic E-state index is 12.6. The third kappa shape index (κ3) is 9.44. The molecule has 4 aliphatic rings. The molecule has 2 unspecified atom stereocenters. The average Bonchev–Trinajstić information content (AvgIpc) is 3.78. The number of nitrogens with one attached hydrogen (secondary N) is 1. The van der Waals surface area contributed by atoms with E-state index in [0.717, 1.165) is 25.9 Å². The predicted molar refractivity (Wildman–Crippen MR) is 174 cm³/mol. The van der Waals surface area contributed by atoms with E-state index >= 15 is 0 Å². The second-order valence-electron chi connectivity index (χ2n) is 14.0. The van der Waals surface area contributed by atoms with Crippen molar-refractivity contribution in [1.82, 2.24) is 30.0 Å². The average molecular weight is 655 g/mol. The van der Waals surface area contributed by atoms with Crippen molar-refractivity contribution in [1.29, 1.82) is 0 Å². The van der Waals surface area contributed by atoms with E-state index in [-0.39, 0.29) is 41.3 Å². The molecule has 3 amide bonds. The van der Waals surface area contributed by atoms with Crippen LogP contribution >= 0.6 is 0 Å². The smallest absolute Gasteiger partial charge is 0.410 e. The van der Waals surface area contributed by atoms with Gasteiger partial charge >= 0.3 is 18.2 Å². The van der Waals surface area contributed by atoms with E-state index in [2.05, 4.69) is 15.3 Å². The summed E-state index contributed by atoms with van der Waals surface area (Å²) in [6.45, 7) is 14.0. The summed E-state index contributed by atoms with van der Waals surface area (Å²) in [7, 11) is 0. The molecule has 2 aromatic rings. The lowest BCUT2D eigenvalue weighted by molar-refractivity contribution is 0.0125. The number of fused-ring (bicyclic) bond motifs is 4. The summed E-state index contributed by atoms with van der Waals surface area (Å²) in [5.74, 6) is -0.341. The Morgan fingerprint density at radius 1 is 0.745 bits per heavy atom. The van der Waals surface area contributed by atoms with Gasteiger partial charge in [0, 0.05) is 50.7 Å². The minimum Gasteiger partial charge on any atom is -0.478 e. The number of carboxylic acid groups (broad SMARTS) is 1. The van der Waals surface area contributed by atoms with Crippen LogP contribution in [-0.2, 0) is 9.47 Å². The Morgan fingerprint density at radius 3 is 1.62 bits per heavy atom. The zero-order valence-corrected chi connectivity index (χ0v) is 27.8. The number of nitrogens with zero attached hydrogens (tertiary/aromatic N) is 5. The summed E-state index contributed by atoms with van der Waals surface area (Å²) in [4.78, 5) is 59.7. The van der Waals surface area contributed by atoms with Crippen molar-refractivity contribution in [2.24, 2.45) is 0 Å². The van der Waals surface area contributed by atoms with Crippen LogP contribution in [-0.4, -0.2) is 115 Å². The molecular weight excluding hydrogens is 608 g/mol. The quantitative estimate of drug-likeness (QED) is 0.369. The summed E-state index contributed by atoms with van der Waals surface area (Å²) in [5, 5.41) is 11.7. The fraction of sp³-hybridized carbons (Fsp3) is 0.562. The van der Waals surface area contributed by atoms with E-state index in [4.69, 9.17) is 26.0 Å². The monoisotopic (exact) mass is 654 g/mol. The lowest BCUT2D eigenvalue weighted by Gasteiger charge is -2.35. The number of aromatic carboxylic acids is 1. The topological polar surface area (TPSA) is 207 Å². The number of ether oxygens (including phenoxy) is 2. The van der Waals surface area contributed by atoms with Crippen molar-refractivity contribution < 1.29 is 33.8 Å². The molecule has 0 aromatic carbocycles. The van der Waals surface area contributed by atoms with Crippen molar-refractivity contribution in [2.75, 3.05) is 37.6 Å². The molecule has 2 aromatic heterocycles. The lowest BCUT2D eigenvalue weighted by atomic mass is 10.2. The fourth-order valence-electron chi connectivity index (χ4n) is 5.79. The Balaban J connectivity index is 0.000000177. The molecule has 6 heterocycles. The van der Waals surface area contributed by atoms with Crippen molar-refractivity contribution in [3.8, 4) is 0 Å². The molecule has 256 valence electrons. The molecule has 0 radical (unpaired) electrons. The third-order valence-corrected chi connectivity index (χ3v) is 7.88. The second-order valence-corrected chi connectivity index (χ2v) is 14.0. The highest BCUT2D eigenvalue weighted by atomic mass is 16.6.